The lowest BCUT2D eigenvalue weighted by Crippen LogP contribution is -2.49. The fourth-order valence-corrected chi connectivity index (χ4v) is 3.59. The lowest BCUT2D eigenvalue weighted by molar-refractivity contribution is -0.193. The molecule has 1 fully saturated rings. The van der Waals surface area contributed by atoms with Crippen LogP contribution in [0, 0.1) is 5.41 Å². The second kappa shape index (κ2) is 17.3. The van der Waals surface area contributed by atoms with Gasteiger partial charge in [0.15, 0.2) is 0 Å². The number of likely N-dealkylation sites (tertiary alicyclic amines) is 1. The summed E-state index contributed by atoms with van der Waals surface area (Å²) in [5.74, 6) is -9.08. The highest BCUT2D eigenvalue weighted by Gasteiger charge is 2.39. The third-order valence-corrected chi connectivity index (χ3v) is 5.74. The van der Waals surface area contributed by atoms with Gasteiger partial charge in [-0.05, 0) is 55.8 Å². The number of nitrogens with zero attached hydrogens (tertiary/aromatic N) is 1. The van der Waals surface area contributed by atoms with Crippen molar-refractivity contribution in [3.05, 3.63) is 53.5 Å². The fraction of sp³-hybridized carbons (Fsp3) is 0.346. The molecule has 1 saturated heterocycles. The summed E-state index contributed by atoms with van der Waals surface area (Å²) < 4.78 is 74.3. The van der Waals surface area contributed by atoms with Crippen molar-refractivity contribution in [3.8, 4) is 5.75 Å². The largest absolute Gasteiger partial charge is 0.490 e. The number of carbonyl (C=O) groups excluding carboxylic acids is 2. The molecule has 0 spiro atoms. The number of carboxylic acid groups (broad SMARTS) is 4. The number of hydrogen-bond acceptors (Lipinski definition) is 10. The van der Waals surface area contributed by atoms with Crippen LogP contribution in [0.5, 0.6) is 5.75 Å². The Morgan fingerprint density at radius 2 is 1.46 bits per heavy atom. The second-order valence-corrected chi connectivity index (χ2v) is 9.33. The molecule has 3 rings (SSSR count). The predicted octanol–water partition coefficient (Wildman–Crippen LogP) is 2.06. The van der Waals surface area contributed by atoms with E-state index in [0.717, 1.165) is 0 Å². The highest BCUT2D eigenvalue weighted by Crippen LogP contribution is 2.23. The first-order valence-electron chi connectivity index (χ1n) is 12.9. The Morgan fingerprint density at radius 3 is 1.90 bits per heavy atom. The van der Waals surface area contributed by atoms with E-state index in [1.165, 1.54) is 18.2 Å². The number of amides is 1. The zero-order valence-corrected chi connectivity index (χ0v) is 24.0. The first-order chi connectivity index (χ1) is 22.0. The normalized spacial score (nSPS) is 15.0. The highest BCUT2D eigenvalue weighted by molar-refractivity contribution is 5.95. The van der Waals surface area contributed by atoms with Gasteiger partial charge < -0.3 is 40.6 Å². The summed E-state index contributed by atoms with van der Waals surface area (Å²) in [5.41, 5.74) is 5.88. The van der Waals surface area contributed by atoms with Crippen LogP contribution in [-0.4, -0.2) is 97.9 Å². The molecule has 0 saturated carbocycles. The molecule has 1 aliphatic heterocycles. The van der Waals surface area contributed by atoms with Crippen molar-refractivity contribution in [2.75, 3.05) is 6.54 Å². The minimum atomic E-state index is -5.08. The Bertz CT molecular complexity index is 1470. The summed E-state index contributed by atoms with van der Waals surface area (Å²) in [4.78, 5) is 66.6. The zero-order valence-electron chi connectivity index (χ0n) is 24.0. The molecule has 2 aromatic rings. The van der Waals surface area contributed by atoms with Crippen LogP contribution < -0.4 is 15.8 Å². The van der Waals surface area contributed by atoms with E-state index in [1.807, 2.05) is 0 Å². The number of benzene rings is 1. The van der Waals surface area contributed by atoms with Crippen LogP contribution in [0.2, 0.25) is 0 Å². The maximum Gasteiger partial charge on any atom is 0.490 e. The van der Waals surface area contributed by atoms with Gasteiger partial charge in [-0.3, -0.25) is 19.9 Å². The Labute approximate surface area is 264 Å². The van der Waals surface area contributed by atoms with E-state index in [4.69, 9.17) is 50.3 Å². The number of halogens is 6. The summed E-state index contributed by atoms with van der Waals surface area (Å²) in [6.07, 6.45) is -9.74. The summed E-state index contributed by atoms with van der Waals surface area (Å²) in [5, 5.41) is 41.9. The third kappa shape index (κ3) is 13.8. The number of aliphatic carboxylic acids is 4. The predicted molar refractivity (Wildman–Crippen MR) is 144 cm³/mol. The Kier molecular flexibility index (Phi) is 14.5. The number of nitrogens with two attached hydrogens (primary N) is 1. The van der Waals surface area contributed by atoms with Gasteiger partial charge in [-0.2, -0.15) is 26.3 Å². The highest BCUT2D eigenvalue weighted by atomic mass is 19.4. The first-order valence-corrected chi connectivity index (χ1v) is 12.9. The van der Waals surface area contributed by atoms with Crippen LogP contribution in [-0.2, 0) is 30.5 Å². The molecule has 1 aromatic carbocycles. The maximum absolute atomic E-state index is 12.6. The quantitative estimate of drug-likeness (QED) is 0.0615. The number of amidine groups is 1. The van der Waals surface area contributed by atoms with Crippen molar-refractivity contribution in [2.24, 2.45) is 5.73 Å². The number of nitrogens with one attached hydrogen (secondary N) is 2. The van der Waals surface area contributed by atoms with Gasteiger partial charge in [-0.1, -0.05) is 0 Å². The molecule has 2 heterocycles. The molecular weight excluding hydrogens is 674 g/mol. The average molecular weight is 700 g/mol. The number of carboxylic acids is 4. The Hall–Kier alpha value is -5.67. The van der Waals surface area contributed by atoms with E-state index in [1.54, 1.807) is 23.1 Å². The minimum Gasteiger partial charge on any atom is -0.481 e. The molecule has 0 radical (unpaired) electrons. The summed E-state index contributed by atoms with van der Waals surface area (Å²) >= 11 is 0. The van der Waals surface area contributed by atoms with E-state index in [9.17, 15) is 45.5 Å². The molecule has 48 heavy (non-hydrogen) atoms. The second-order valence-electron chi connectivity index (χ2n) is 9.33. The molecule has 16 nitrogen and oxygen atoms in total. The number of alkyl halides is 6. The SMILES string of the molecule is N=C(N)c1ccc(OC(=O)c2ccc(CN3CCC[C@@H]3C(=O)N[C@H](CC(=O)O)C(=O)O)o2)cc1.O=C(O)C(F)(F)F.O=C(O)C(F)(F)F. The summed E-state index contributed by atoms with van der Waals surface area (Å²) in [7, 11) is 0. The third-order valence-electron chi connectivity index (χ3n) is 5.74. The average Bonchev–Trinajstić information content (AvgIpc) is 3.62. The molecule has 1 amide bonds. The molecule has 1 aromatic heterocycles. The summed E-state index contributed by atoms with van der Waals surface area (Å²) in [6.45, 7) is 0.729. The van der Waals surface area contributed by atoms with Crippen molar-refractivity contribution in [2.45, 2.75) is 50.2 Å². The smallest absolute Gasteiger partial charge is 0.481 e. The van der Waals surface area contributed by atoms with Gasteiger partial charge in [0.25, 0.3) is 0 Å². The Balaban J connectivity index is 0.000000687. The van der Waals surface area contributed by atoms with Gasteiger partial charge >= 0.3 is 42.2 Å². The zero-order chi connectivity index (χ0) is 37.0. The van der Waals surface area contributed by atoms with Crippen molar-refractivity contribution >= 4 is 41.6 Å². The molecule has 264 valence electrons. The molecule has 0 unspecified atom stereocenters. The molecular formula is C26H26F6N4O12. The topological polar surface area (TPSA) is 271 Å². The molecule has 2 atom stereocenters. The van der Waals surface area contributed by atoms with Gasteiger partial charge in [0, 0.05) is 5.56 Å². The fourth-order valence-electron chi connectivity index (χ4n) is 3.59. The van der Waals surface area contributed by atoms with Crippen LogP contribution in [0.4, 0.5) is 26.3 Å². The van der Waals surface area contributed by atoms with Crippen molar-refractivity contribution in [3.63, 3.8) is 0 Å². The summed E-state index contributed by atoms with van der Waals surface area (Å²) in [6, 6.07) is 6.93. The molecule has 8 N–H and O–H groups in total. The number of carbonyl (C=O) groups is 6. The monoisotopic (exact) mass is 700 g/mol. The number of rotatable bonds is 10. The van der Waals surface area contributed by atoms with Gasteiger partial charge in [0.05, 0.1) is 19.0 Å². The van der Waals surface area contributed by atoms with Crippen LogP contribution >= 0.6 is 0 Å². The molecule has 1 aliphatic rings. The number of esters is 1. The van der Waals surface area contributed by atoms with Crippen LogP contribution in [0.3, 0.4) is 0 Å². The maximum atomic E-state index is 12.6. The van der Waals surface area contributed by atoms with E-state index in [0.29, 0.717) is 30.7 Å². The number of ether oxygens (including phenoxy) is 1. The number of nitrogen functional groups attached to an aromatic ring is 1. The van der Waals surface area contributed by atoms with Crippen LogP contribution in [0.25, 0.3) is 0 Å². The van der Waals surface area contributed by atoms with E-state index in [2.05, 4.69) is 5.32 Å². The standard InChI is InChI=1S/C22H24N4O8.2C2HF3O2/c23-19(24)12-3-5-13(6-4-12)34-22(32)17-8-7-14(33-17)11-26-9-1-2-16(26)20(29)25-15(21(30)31)10-18(27)28;2*3-2(4,5)1(6)7/h3-8,15-16H,1-2,9-11H2,(H3,23,24)(H,25,29)(H,27,28)(H,30,31);2*(H,6,7)/t15-,16-;;/m1../s1. The van der Waals surface area contributed by atoms with E-state index in [-0.39, 0.29) is 23.9 Å². The van der Waals surface area contributed by atoms with Gasteiger partial charge in [0.2, 0.25) is 11.7 Å². The number of furan rings is 1. The molecule has 0 aliphatic carbocycles. The van der Waals surface area contributed by atoms with Crippen LogP contribution in [0.1, 0.15) is 41.1 Å². The van der Waals surface area contributed by atoms with Crippen molar-refractivity contribution in [1.29, 1.82) is 5.41 Å². The van der Waals surface area contributed by atoms with Crippen LogP contribution in [0.15, 0.2) is 40.8 Å². The van der Waals surface area contributed by atoms with Gasteiger partial charge in [0.1, 0.15) is 23.4 Å². The minimum absolute atomic E-state index is 0.0433. The van der Waals surface area contributed by atoms with Crippen molar-refractivity contribution in [1.82, 2.24) is 10.2 Å². The van der Waals surface area contributed by atoms with Gasteiger partial charge in [-0.15, -0.1) is 0 Å². The lowest BCUT2D eigenvalue weighted by atomic mass is 10.1. The van der Waals surface area contributed by atoms with Gasteiger partial charge in [-0.25, -0.2) is 19.2 Å². The van der Waals surface area contributed by atoms with E-state index >= 15 is 0 Å². The lowest BCUT2D eigenvalue weighted by Gasteiger charge is -2.24. The Morgan fingerprint density at radius 1 is 0.938 bits per heavy atom. The number of hydrogen-bond donors (Lipinski definition) is 7. The molecule has 0 bridgehead atoms. The van der Waals surface area contributed by atoms with Crippen molar-refractivity contribution < 1.29 is 84.7 Å². The first kappa shape index (κ1) is 40.4. The molecule has 22 heteroatoms. The van der Waals surface area contributed by atoms with E-state index < -0.39 is 66.6 Å².